The smallest absolute Gasteiger partial charge is 0.753 e. The summed E-state index contributed by atoms with van der Waals surface area (Å²) in [4.78, 5) is 44.9. The van der Waals surface area contributed by atoms with E-state index < -0.39 is 11.9 Å². The van der Waals surface area contributed by atoms with Crippen molar-refractivity contribution in [3.8, 4) is 77.0 Å². The molecule has 8 aromatic heterocycles. The molecule has 71 heavy (non-hydrogen) atoms. The summed E-state index contributed by atoms with van der Waals surface area (Å²) >= 11 is 8.95. The van der Waals surface area contributed by atoms with E-state index in [1.54, 1.807) is 65.4 Å². The largest absolute Gasteiger partial charge is 2.00 e. The molecule has 0 spiro atoms. The number of halogens is 3. The van der Waals surface area contributed by atoms with Gasteiger partial charge in [0.05, 0.1) is 28.5 Å². The standard InChI is InChI=1S/C32H29N3O4S2.C19H19F3N3S.CNS.Ru/c1-3-4-5-6-7-23-12-21(2)41-32(23)31-14-24(18-40-31)22-8-10-33-27(13-22)29-16-26(39-20-37)17-30(35-29)28-15-25(38-19-36)9-11-34-28;1-2-3-4-5-6-13-8-10-26-18(13)14-7-9-23-15(11-14)16-12-17(25-24-16)19(20,21)22;2-1-3;/h8-20H,3-7H2,1-2H3;7-12H,2-6H2,1H3;;/q;2*-1;+2. The minimum absolute atomic E-state index is 0. The Bertz CT molecular complexity index is 3000. The first-order valence-electron chi connectivity index (χ1n) is 22.4. The molecule has 0 saturated carbocycles. The second kappa shape index (κ2) is 28.2. The Kier molecular flexibility index (Phi) is 22.2. The van der Waals surface area contributed by atoms with Gasteiger partial charge in [0.25, 0.3) is 12.9 Å². The van der Waals surface area contributed by atoms with E-state index in [1.807, 2.05) is 29.5 Å². The van der Waals surface area contributed by atoms with E-state index in [2.05, 4.69) is 87.1 Å². The number of pyridine rings is 4. The maximum Gasteiger partial charge on any atom is 2.00 e. The molecule has 0 saturated heterocycles. The normalized spacial score (nSPS) is 10.7. The molecular weight excluding hydrogens is 1070 g/mol. The molecule has 0 aliphatic heterocycles. The van der Waals surface area contributed by atoms with Crippen LogP contribution in [0.2, 0.25) is 0 Å². The molecule has 0 atom stereocenters. The Morgan fingerprint density at radius 2 is 1.28 bits per heavy atom. The molecule has 368 valence electrons. The topological polar surface area (TPSA) is 153 Å². The maximum atomic E-state index is 12.7. The van der Waals surface area contributed by atoms with Crippen LogP contribution in [0.4, 0.5) is 13.2 Å². The van der Waals surface area contributed by atoms with E-state index in [0.29, 0.717) is 52.9 Å². The number of rotatable bonds is 20. The van der Waals surface area contributed by atoms with Crippen LogP contribution < -0.4 is 14.6 Å². The number of hydrogen-bond acceptors (Lipinski definition) is 13. The second-order valence-electron chi connectivity index (χ2n) is 15.7. The fraction of sp³-hybridized carbons (Fsp3) is 0.269. The number of aromatic nitrogens is 6. The molecule has 0 radical (unpaired) electrons. The van der Waals surface area contributed by atoms with Gasteiger partial charge >= 0.3 is 25.7 Å². The third kappa shape index (κ3) is 16.0. The number of carbonyl (C=O) groups is 2. The molecule has 0 N–H and O–H groups in total. The van der Waals surface area contributed by atoms with Crippen LogP contribution in [0.25, 0.3) is 70.9 Å². The van der Waals surface area contributed by atoms with Gasteiger partial charge in [0.15, 0.2) is 0 Å². The predicted octanol–water partition coefficient (Wildman–Crippen LogP) is 14.8. The van der Waals surface area contributed by atoms with Crippen LogP contribution in [-0.2, 0) is 48.1 Å². The second-order valence-corrected chi connectivity index (χ2v) is 19.0. The van der Waals surface area contributed by atoms with Gasteiger partial charge in [-0.15, -0.1) is 34.0 Å². The van der Waals surface area contributed by atoms with Crippen LogP contribution in [0.5, 0.6) is 11.5 Å². The number of alkyl halides is 3. The van der Waals surface area contributed by atoms with Gasteiger partial charge in [0.2, 0.25) is 0 Å². The molecular formula is C52H48F3N7O4RuS4. The summed E-state index contributed by atoms with van der Waals surface area (Å²) < 4.78 is 48.3. The number of hydrogen-bond donors (Lipinski definition) is 0. The minimum Gasteiger partial charge on any atom is -0.753 e. The SMILES string of the molecule is CCCCCCc1cc(C)sc1-c1cc(-c2ccnc(-c3cc(OC=O)cc(-c4cc(OC=O)ccn4)n3)c2)cs1.CCCCCCc1ccsc1-c1ccnc(-c2cc(C(F)(F)F)n[n-]2)c1.[N-]=C=S.[Ru+2]. The van der Waals surface area contributed by atoms with Crippen LogP contribution >= 0.6 is 46.2 Å². The zero-order valence-corrected chi connectivity index (χ0v) is 43.9. The van der Waals surface area contributed by atoms with Gasteiger partial charge < -0.3 is 25.1 Å². The molecule has 8 rings (SSSR count). The van der Waals surface area contributed by atoms with E-state index in [0.717, 1.165) is 46.9 Å². The Labute approximate surface area is 440 Å². The Morgan fingerprint density at radius 3 is 1.93 bits per heavy atom. The van der Waals surface area contributed by atoms with Gasteiger partial charge in [-0.3, -0.25) is 24.5 Å². The molecule has 0 aliphatic carbocycles. The fourth-order valence-electron chi connectivity index (χ4n) is 7.43. The van der Waals surface area contributed by atoms with Crippen LogP contribution in [0.1, 0.15) is 86.9 Å². The van der Waals surface area contributed by atoms with Gasteiger partial charge in [-0.05, 0) is 126 Å². The number of carbonyl (C=O) groups excluding carboxylic acids is 2. The van der Waals surface area contributed by atoms with Crippen molar-refractivity contribution in [3.63, 3.8) is 0 Å². The van der Waals surface area contributed by atoms with Crippen molar-refractivity contribution >= 4 is 64.3 Å². The Morgan fingerprint density at radius 1 is 0.690 bits per heavy atom. The Hall–Kier alpha value is -5.94. The molecule has 0 unspecified atom stereocenters. The summed E-state index contributed by atoms with van der Waals surface area (Å²) in [7, 11) is 0. The maximum absolute atomic E-state index is 12.7. The summed E-state index contributed by atoms with van der Waals surface area (Å²) in [6.07, 6.45) is 12.3. The van der Waals surface area contributed by atoms with Crippen molar-refractivity contribution in [1.82, 2.24) is 30.1 Å². The summed E-state index contributed by atoms with van der Waals surface area (Å²) in [5.41, 5.74) is 7.37. The zero-order valence-electron chi connectivity index (χ0n) is 38.9. The van der Waals surface area contributed by atoms with Crippen molar-refractivity contribution in [2.24, 2.45) is 0 Å². The molecule has 0 fully saturated rings. The van der Waals surface area contributed by atoms with E-state index >= 15 is 0 Å². The predicted molar refractivity (Wildman–Crippen MR) is 276 cm³/mol. The fourth-order valence-corrected chi connectivity index (χ4v) is 10.5. The summed E-state index contributed by atoms with van der Waals surface area (Å²) in [5, 5.41) is 19.6. The third-order valence-corrected chi connectivity index (χ3v) is 13.9. The molecule has 11 nitrogen and oxygen atoms in total. The number of thiophene rings is 3. The molecule has 0 bridgehead atoms. The van der Waals surface area contributed by atoms with Crippen LogP contribution in [-0.4, -0.2) is 43.1 Å². The number of nitrogens with zero attached hydrogens (tertiary/aromatic N) is 7. The van der Waals surface area contributed by atoms with E-state index in [9.17, 15) is 22.8 Å². The number of unbranched alkanes of at least 4 members (excludes halogenated alkanes) is 6. The first-order chi connectivity index (χ1) is 34.0. The molecule has 0 aliphatic rings. The molecule has 8 aromatic rings. The monoisotopic (exact) mass is 1120 g/mol. The van der Waals surface area contributed by atoms with Crippen LogP contribution in [0, 0.1) is 6.92 Å². The number of isothiocyanates is 1. The molecule has 8 heterocycles. The average Bonchev–Trinajstić information content (AvgIpc) is 4.21. The molecule has 0 aromatic carbocycles. The number of aryl methyl sites for hydroxylation is 3. The van der Waals surface area contributed by atoms with E-state index in [4.69, 9.17) is 19.9 Å². The third-order valence-electron chi connectivity index (χ3n) is 10.7. The van der Waals surface area contributed by atoms with Gasteiger partial charge in [-0.1, -0.05) is 70.3 Å². The van der Waals surface area contributed by atoms with Crippen molar-refractivity contribution in [3.05, 3.63) is 129 Å². The van der Waals surface area contributed by atoms with Crippen molar-refractivity contribution in [2.45, 2.75) is 91.2 Å². The molecule has 19 heteroatoms. The summed E-state index contributed by atoms with van der Waals surface area (Å²) in [6.45, 7) is 7.32. The van der Waals surface area contributed by atoms with Crippen molar-refractivity contribution < 1.29 is 51.7 Å². The zero-order chi connectivity index (χ0) is 49.9. The van der Waals surface area contributed by atoms with E-state index in [1.165, 1.54) is 82.1 Å². The van der Waals surface area contributed by atoms with E-state index in [-0.39, 0.29) is 25.2 Å². The van der Waals surface area contributed by atoms with Crippen molar-refractivity contribution in [1.29, 1.82) is 0 Å². The first kappa shape index (κ1) is 56.0. The Balaban J connectivity index is 0.000000269. The van der Waals surface area contributed by atoms with Gasteiger partial charge in [0.1, 0.15) is 17.2 Å². The van der Waals surface area contributed by atoms with Crippen LogP contribution in [0.15, 0.2) is 102 Å². The minimum atomic E-state index is -4.50. The quantitative estimate of drug-likeness (QED) is 0.0236. The summed E-state index contributed by atoms with van der Waals surface area (Å²) in [6, 6.07) is 21.7. The van der Waals surface area contributed by atoms with Gasteiger partial charge in [-0.2, -0.15) is 18.3 Å². The average molecular weight is 1120 g/mol. The van der Waals surface area contributed by atoms with Crippen LogP contribution in [0.3, 0.4) is 0 Å². The van der Waals surface area contributed by atoms with Crippen molar-refractivity contribution in [2.75, 3.05) is 0 Å². The van der Waals surface area contributed by atoms with Gasteiger partial charge in [-0.25, -0.2) is 4.98 Å². The summed E-state index contributed by atoms with van der Waals surface area (Å²) in [5.74, 6) is 0.626. The number of ether oxygens (including phenoxy) is 2. The van der Waals surface area contributed by atoms with Gasteiger partial charge in [0, 0.05) is 56.3 Å². The first-order valence-corrected chi connectivity index (χ1v) is 25.4. The molecule has 0 amide bonds. The number of thiocarbonyl (C=S) groups is 1.